The summed E-state index contributed by atoms with van der Waals surface area (Å²) >= 11 is 0. The first-order chi connectivity index (χ1) is 17.8. The highest BCUT2D eigenvalue weighted by molar-refractivity contribution is 6.00. The Morgan fingerprint density at radius 3 is 2.54 bits per heavy atom. The molecule has 0 atom stereocenters. The van der Waals surface area contributed by atoms with Gasteiger partial charge in [-0.05, 0) is 24.3 Å². The lowest BCUT2D eigenvalue weighted by molar-refractivity contribution is -0.384. The van der Waals surface area contributed by atoms with Gasteiger partial charge in [-0.25, -0.2) is 13.8 Å². The Hall–Kier alpha value is -4.09. The van der Waals surface area contributed by atoms with E-state index in [0.717, 1.165) is 30.2 Å². The maximum atomic E-state index is 14.4. The molecule has 4 aromatic rings. The summed E-state index contributed by atoms with van der Waals surface area (Å²) in [5, 5.41) is 12.3. The van der Waals surface area contributed by atoms with Gasteiger partial charge in [-0.3, -0.25) is 15.0 Å². The van der Waals surface area contributed by atoms with Gasteiger partial charge >= 0.3 is 0 Å². The molecule has 0 unspecified atom stereocenters. The molecule has 0 radical (unpaired) electrons. The Labute approximate surface area is 210 Å². The van der Waals surface area contributed by atoms with Crippen molar-refractivity contribution in [2.45, 2.75) is 6.54 Å². The molecular formula is C26H24F2N4O5. The molecular weight excluding hydrogens is 486 g/mol. The first-order valence-corrected chi connectivity index (χ1v) is 11.6. The third-order valence-electron chi connectivity index (χ3n) is 6.24. The molecule has 0 aliphatic carbocycles. The number of nitrogens with zero attached hydrogens (tertiary/aromatic N) is 4. The van der Waals surface area contributed by atoms with E-state index in [4.69, 9.17) is 14.2 Å². The molecule has 0 spiro atoms. The van der Waals surface area contributed by atoms with Crippen molar-refractivity contribution in [2.24, 2.45) is 7.05 Å². The van der Waals surface area contributed by atoms with Crippen molar-refractivity contribution in [1.82, 2.24) is 14.5 Å². The van der Waals surface area contributed by atoms with Crippen LogP contribution in [-0.4, -0.2) is 52.8 Å². The second-order valence-electron chi connectivity index (χ2n) is 8.68. The largest absolute Gasteiger partial charge is 0.479 e. The fraction of sp³-hybridized carbons (Fsp3) is 0.269. The van der Waals surface area contributed by atoms with E-state index in [0.29, 0.717) is 48.3 Å². The summed E-state index contributed by atoms with van der Waals surface area (Å²) in [5.41, 5.74) is 2.27. The monoisotopic (exact) mass is 510 g/mol. The molecule has 0 amide bonds. The summed E-state index contributed by atoms with van der Waals surface area (Å²) in [4.78, 5) is 18.0. The van der Waals surface area contributed by atoms with Crippen LogP contribution in [0.1, 0.15) is 5.69 Å². The number of methoxy groups -OCH3 is 1. The zero-order valence-electron chi connectivity index (χ0n) is 20.2. The summed E-state index contributed by atoms with van der Waals surface area (Å²) in [7, 11) is 3.35. The number of ether oxygens (including phenoxy) is 3. The van der Waals surface area contributed by atoms with E-state index < -0.39 is 16.6 Å². The Morgan fingerprint density at radius 2 is 1.84 bits per heavy atom. The van der Waals surface area contributed by atoms with Gasteiger partial charge in [0, 0.05) is 67.6 Å². The number of hydrogen-bond acceptors (Lipinski definition) is 7. The molecule has 2 aromatic heterocycles. The minimum atomic E-state index is -0.888. The molecule has 0 N–H and O–H groups in total. The van der Waals surface area contributed by atoms with Gasteiger partial charge in [0.1, 0.15) is 17.1 Å². The average Bonchev–Trinajstić information content (AvgIpc) is 3.22. The smallest absolute Gasteiger partial charge is 0.270 e. The third-order valence-corrected chi connectivity index (χ3v) is 6.24. The fourth-order valence-corrected chi connectivity index (χ4v) is 4.47. The molecule has 1 saturated heterocycles. The lowest BCUT2D eigenvalue weighted by Gasteiger charge is -2.26. The molecule has 0 saturated carbocycles. The van der Waals surface area contributed by atoms with Crippen LogP contribution < -0.4 is 9.47 Å². The third kappa shape index (κ3) is 4.95. The molecule has 2 aromatic carbocycles. The van der Waals surface area contributed by atoms with Gasteiger partial charge in [0.15, 0.2) is 11.6 Å². The second kappa shape index (κ2) is 10.1. The number of rotatable bonds is 7. The lowest BCUT2D eigenvalue weighted by atomic mass is 10.0. The fourth-order valence-electron chi connectivity index (χ4n) is 4.47. The lowest BCUT2D eigenvalue weighted by Crippen LogP contribution is -2.35. The highest BCUT2D eigenvalue weighted by Gasteiger charge is 2.22. The van der Waals surface area contributed by atoms with E-state index in [1.807, 2.05) is 17.7 Å². The van der Waals surface area contributed by atoms with Gasteiger partial charge in [0.25, 0.3) is 5.69 Å². The minimum Gasteiger partial charge on any atom is -0.479 e. The van der Waals surface area contributed by atoms with Crippen molar-refractivity contribution in [3.05, 3.63) is 76.1 Å². The van der Waals surface area contributed by atoms with E-state index in [-0.39, 0.29) is 17.2 Å². The number of nitro groups is 1. The maximum absolute atomic E-state index is 14.4. The number of halogens is 2. The second-order valence-corrected chi connectivity index (χ2v) is 8.68. The van der Waals surface area contributed by atoms with Crippen molar-refractivity contribution in [1.29, 1.82) is 0 Å². The van der Waals surface area contributed by atoms with Crippen LogP contribution in [0.5, 0.6) is 17.4 Å². The molecule has 5 rings (SSSR count). The zero-order chi connectivity index (χ0) is 26.1. The Morgan fingerprint density at radius 1 is 1.08 bits per heavy atom. The summed E-state index contributed by atoms with van der Waals surface area (Å²) < 4.78 is 46.5. The molecule has 1 aliphatic heterocycles. The van der Waals surface area contributed by atoms with Gasteiger partial charge < -0.3 is 18.8 Å². The summed E-state index contributed by atoms with van der Waals surface area (Å²) in [5.74, 6) is -1.25. The van der Waals surface area contributed by atoms with E-state index in [2.05, 4.69) is 9.88 Å². The van der Waals surface area contributed by atoms with Crippen LogP contribution in [-0.2, 0) is 18.3 Å². The quantitative estimate of drug-likeness (QED) is 0.254. The van der Waals surface area contributed by atoms with Crippen LogP contribution in [0, 0.1) is 21.7 Å². The summed E-state index contributed by atoms with van der Waals surface area (Å²) in [6.07, 6.45) is 1.79. The predicted octanol–water partition coefficient (Wildman–Crippen LogP) is 5.06. The van der Waals surface area contributed by atoms with Gasteiger partial charge in [0.2, 0.25) is 5.88 Å². The molecule has 3 heterocycles. The Balaban J connectivity index is 1.66. The Bertz CT molecular complexity index is 1480. The highest BCUT2D eigenvalue weighted by Crippen LogP contribution is 2.42. The van der Waals surface area contributed by atoms with Crippen LogP contribution in [0.25, 0.3) is 22.0 Å². The summed E-state index contributed by atoms with van der Waals surface area (Å²) in [6.45, 7) is 3.41. The Kier molecular flexibility index (Phi) is 6.72. The first kappa shape index (κ1) is 24.6. The number of aryl methyl sites for hydroxylation is 1. The van der Waals surface area contributed by atoms with E-state index in [1.165, 1.54) is 31.4 Å². The van der Waals surface area contributed by atoms with Crippen molar-refractivity contribution < 1.29 is 27.9 Å². The van der Waals surface area contributed by atoms with Crippen LogP contribution in [0.3, 0.4) is 0 Å². The van der Waals surface area contributed by atoms with Gasteiger partial charge in [-0.2, -0.15) is 0 Å². The molecule has 0 bridgehead atoms. The van der Waals surface area contributed by atoms with Crippen molar-refractivity contribution in [2.75, 3.05) is 33.4 Å². The number of aromatic nitrogens is 2. The van der Waals surface area contributed by atoms with E-state index in [1.54, 1.807) is 6.20 Å². The number of morpholine rings is 1. The first-order valence-electron chi connectivity index (χ1n) is 11.6. The topological polar surface area (TPSA) is 91.9 Å². The standard InChI is InChI=1S/C26H24F2N4O5/c1-30-15-21(20-12-17(29-26(35-2)25(20)30)14-31-7-9-36-10-8-31)19-13-18(32(33)34)4-6-23(19)37-24-5-3-16(27)11-22(24)28/h3-6,11-13,15H,7-10,14H2,1-2H3. The highest BCUT2D eigenvalue weighted by atomic mass is 19.1. The van der Waals surface area contributed by atoms with Crippen molar-refractivity contribution in [3.63, 3.8) is 0 Å². The molecule has 11 heteroatoms. The molecule has 9 nitrogen and oxygen atoms in total. The number of non-ortho nitro benzene ring substituents is 1. The van der Waals surface area contributed by atoms with Gasteiger partial charge in [0.05, 0.1) is 30.9 Å². The van der Waals surface area contributed by atoms with Crippen molar-refractivity contribution >= 4 is 16.6 Å². The zero-order valence-corrected chi connectivity index (χ0v) is 20.2. The van der Waals surface area contributed by atoms with E-state index in [9.17, 15) is 18.9 Å². The van der Waals surface area contributed by atoms with Crippen LogP contribution in [0.2, 0.25) is 0 Å². The van der Waals surface area contributed by atoms with Gasteiger partial charge in [-0.15, -0.1) is 0 Å². The molecule has 37 heavy (non-hydrogen) atoms. The van der Waals surface area contributed by atoms with Crippen LogP contribution in [0.4, 0.5) is 14.5 Å². The van der Waals surface area contributed by atoms with Crippen molar-refractivity contribution in [3.8, 4) is 28.5 Å². The average molecular weight is 510 g/mol. The summed E-state index contributed by atoms with van der Waals surface area (Å²) in [6, 6.07) is 8.94. The number of fused-ring (bicyclic) bond motifs is 1. The minimum absolute atomic E-state index is 0.159. The molecule has 192 valence electrons. The number of pyridine rings is 1. The predicted molar refractivity (Wildman–Crippen MR) is 132 cm³/mol. The van der Waals surface area contributed by atoms with Crippen LogP contribution >= 0.6 is 0 Å². The van der Waals surface area contributed by atoms with Gasteiger partial charge in [-0.1, -0.05) is 0 Å². The number of hydrogen-bond donors (Lipinski definition) is 0. The van der Waals surface area contributed by atoms with E-state index >= 15 is 0 Å². The molecule has 1 aliphatic rings. The normalized spacial score (nSPS) is 14.2. The maximum Gasteiger partial charge on any atom is 0.270 e. The number of benzene rings is 2. The number of nitro benzene ring substituents is 1. The van der Waals surface area contributed by atoms with Crippen LogP contribution in [0.15, 0.2) is 48.7 Å². The molecule has 1 fully saturated rings. The SMILES string of the molecule is COc1nc(CN2CCOCC2)cc2c(-c3cc([N+](=O)[O-])ccc3Oc3ccc(F)cc3F)cn(C)c12.